The average molecular weight is 291 g/mol. The van der Waals surface area contributed by atoms with E-state index in [0.717, 1.165) is 28.9 Å². The van der Waals surface area contributed by atoms with Crippen molar-refractivity contribution >= 4 is 21.6 Å². The molecule has 1 aromatic carbocycles. The van der Waals surface area contributed by atoms with Gasteiger partial charge in [-0.15, -0.1) is 0 Å². The molecule has 0 aliphatic rings. The molecule has 0 saturated carbocycles. The minimum absolute atomic E-state index is 0.640. The predicted molar refractivity (Wildman–Crippen MR) is 69.8 cm³/mol. The largest absolute Gasteiger partial charge is 0.469 e. The van der Waals surface area contributed by atoms with Crippen LogP contribution in [0, 0.1) is 11.3 Å². The number of anilines is 1. The fourth-order valence-corrected chi connectivity index (χ4v) is 1.97. The van der Waals surface area contributed by atoms with Gasteiger partial charge in [-0.25, -0.2) is 0 Å². The number of furan rings is 1. The molecule has 86 valence electrons. The van der Waals surface area contributed by atoms with Crippen molar-refractivity contribution < 1.29 is 4.42 Å². The second kappa shape index (κ2) is 5.55. The van der Waals surface area contributed by atoms with Crippen LogP contribution in [0.5, 0.6) is 0 Å². The molecule has 1 heterocycles. The number of hydrogen-bond donors (Lipinski definition) is 1. The third-order valence-corrected chi connectivity index (χ3v) is 3.03. The van der Waals surface area contributed by atoms with Gasteiger partial charge in [0.1, 0.15) is 11.8 Å². The lowest BCUT2D eigenvalue weighted by molar-refractivity contribution is 0.513. The van der Waals surface area contributed by atoms with Crippen LogP contribution in [-0.4, -0.2) is 6.54 Å². The lowest BCUT2D eigenvalue weighted by atomic mass is 10.2. The Labute approximate surface area is 108 Å². The summed E-state index contributed by atoms with van der Waals surface area (Å²) >= 11 is 3.36. The van der Waals surface area contributed by atoms with Crippen molar-refractivity contribution in [1.29, 1.82) is 5.26 Å². The zero-order valence-electron chi connectivity index (χ0n) is 9.11. The van der Waals surface area contributed by atoms with Crippen molar-refractivity contribution in [3.05, 3.63) is 52.4 Å². The van der Waals surface area contributed by atoms with Crippen molar-refractivity contribution in [3.8, 4) is 6.07 Å². The van der Waals surface area contributed by atoms with E-state index in [1.807, 2.05) is 24.3 Å². The molecule has 17 heavy (non-hydrogen) atoms. The molecule has 4 heteroatoms. The number of benzene rings is 1. The Morgan fingerprint density at radius 2 is 2.24 bits per heavy atom. The van der Waals surface area contributed by atoms with Crippen LogP contribution < -0.4 is 5.32 Å². The summed E-state index contributed by atoms with van der Waals surface area (Å²) in [6.07, 6.45) is 2.51. The first kappa shape index (κ1) is 11.7. The normalized spacial score (nSPS) is 9.88. The highest BCUT2D eigenvalue weighted by atomic mass is 79.9. The summed E-state index contributed by atoms with van der Waals surface area (Å²) in [5.74, 6) is 0.963. The summed E-state index contributed by atoms with van der Waals surface area (Å²) in [6.45, 7) is 0.797. The van der Waals surface area contributed by atoms with Crippen LogP contribution >= 0.6 is 15.9 Å². The quantitative estimate of drug-likeness (QED) is 0.936. The minimum atomic E-state index is 0.640. The lowest BCUT2D eigenvalue weighted by Crippen LogP contribution is -2.04. The molecule has 0 aliphatic heterocycles. The van der Waals surface area contributed by atoms with E-state index in [1.54, 1.807) is 12.3 Å². The molecule has 0 amide bonds. The van der Waals surface area contributed by atoms with E-state index >= 15 is 0 Å². The number of rotatable bonds is 4. The predicted octanol–water partition coefficient (Wildman–Crippen LogP) is 3.57. The third kappa shape index (κ3) is 3.11. The van der Waals surface area contributed by atoms with E-state index in [2.05, 4.69) is 27.3 Å². The summed E-state index contributed by atoms with van der Waals surface area (Å²) in [4.78, 5) is 0. The lowest BCUT2D eigenvalue weighted by Gasteiger charge is -2.06. The zero-order chi connectivity index (χ0) is 12.1. The van der Waals surface area contributed by atoms with Crippen molar-refractivity contribution in [1.82, 2.24) is 0 Å². The molecule has 0 unspecified atom stereocenters. The van der Waals surface area contributed by atoms with Gasteiger partial charge in [-0.05, 0) is 46.3 Å². The Kier molecular flexibility index (Phi) is 3.84. The van der Waals surface area contributed by atoms with E-state index in [1.165, 1.54) is 0 Å². The SMILES string of the molecule is N#Cc1ccc(NCCc2ccco2)cc1Br. The van der Waals surface area contributed by atoms with Crippen LogP contribution in [-0.2, 0) is 6.42 Å². The molecular weight excluding hydrogens is 280 g/mol. The van der Waals surface area contributed by atoms with Crippen LogP contribution in [0.2, 0.25) is 0 Å². The molecule has 3 nitrogen and oxygen atoms in total. The molecule has 0 fully saturated rings. The highest BCUT2D eigenvalue weighted by Gasteiger charge is 2.00. The van der Waals surface area contributed by atoms with Gasteiger partial charge in [0.05, 0.1) is 11.8 Å². The highest BCUT2D eigenvalue weighted by molar-refractivity contribution is 9.10. The number of nitrogens with zero attached hydrogens (tertiary/aromatic N) is 1. The van der Waals surface area contributed by atoms with Gasteiger partial charge in [0.15, 0.2) is 0 Å². The molecule has 1 N–H and O–H groups in total. The Balaban J connectivity index is 1.91. The summed E-state index contributed by atoms with van der Waals surface area (Å²) in [6, 6.07) is 11.5. The van der Waals surface area contributed by atoms with Gasteiger partial charge in [0.25, 0.3) is 0 Å². The first-order valence-corrected chi connectivity index (χ1v) is 6.05. The first-order valence-electron chi connectivity index (χ1n) is 5.25. The molecule has 0 spiro atoms. The fraction of sp³-hybridized carbons (Fsp3) is 0.154. The third-order valence-electron chi connectivity index (χ3n) is 2.37. The maximum atomic E-state index is 8.80. The summed E-state index contributed by atoms with van der Waals surface area (Å²) < 4.78 is 6.05. The molecule has 0 bridgehead atoms. The molecule has 1 aromatic heterocycles. The molecule has 2 rings (SSSR count). The van der Waals surface area contributed by atoms with Crippen LogP contribution in [0.15, 0.2) is 45.5 Å². The molecule has 0 radical (unpaired) electrons. The summed E-state index contributed by atoms with van der Waals surface area (Å²) in [5.41, 5.74) is 1.63. The fourth-order valence-electron chi connectivity index (χ4n) is 1.50. The highest BCUT2D eigenvalue weighted by Crippen LogP contribution is 2.20. The Hall–Kier alpha value is -1.73. The van der Waals surface area contributed by atoms with E-state index in [9.17, 15) is 0 Å². The van der Waals surface area contributed by atoms with Gasteiger partial charge in [-0.2, -0.15) is 5.26 Å². The van der Waals surface area contributed by atoms with E-state index < -0.39 is 0 Å². The van der Waals surface area contributed by atoms with E-state index in [4.69, 9.17) is 9.68 Å². The van der Waals surface area contributed by atoms with Crippen molar-refractivity contribution in [2.75, 3.05) is 11.9 Å². The van der Waals surface area contributed by atoms with Gasteiger partial charge in [-0.1, -0.05) is 0 Å². The van der Waals surface area contributed by atoms with E-state index in [0.29, 0.717) is 5.56 Å². The molecule has 0 saturated heterocycles. The number of halogens is 1. The standard InChI is InChI=1S/C13H11BrN2O/c14-13-8-11(4-3-10(13)9-15)16-6-5-12-2-1-7-17-12/h1-4,7-8,16H,5-6H2. The monoisotopic (exact) mass is 290 g/mol. The maximum absolute atomic E-state index is 8.80. The topological polar surface area (TPSA) is 49.0 Å². The zero-order valence-corrected chi connectivity index (χ0v) is 10.7. The van der Waals surface area contributed by atoms with Crippen molar-refractivity contribution in [2.24, 2.45) is 0 Å². The van der Waals surface area contributed by atoms with Crippen LogP contribution in [0.4, 0.5) is 5.69 Å². The van der Waals surface area contributed by atoms with Crippen LogP contribution in [0.1, 0.15) is 11.3 Å². The van der Waals surface area contributed by atoms with Crippen LogP contribution in [0.3, 0.4) is 0 Å². The van der Waals surface area contributed by atoms with Gasteiger partial charge in [0.2, 0.25) is 0 Å². The van der Waals surface area contributed by atoms with E-state index in [-0.39, 0.29) is 0 Å². The summed E-state index contributed by atoms with van der Waals surface area (Å²) in [5, 5.41) is 12.1. The number of hydrogen-bond acceptors (Lipinski definition) is 3. The first-order chi connectivity index (χ1) is 8.29. The molecule has 0 atom stereocenters. The Bertz CT molecular complexity index is 529. The van der Waals surface area contributed by atoms with Gasteiger partial charge in [-0.3, -0.25) is 0 Å². The minimum Gasteiger partial charge on any atom is -0.469 e. The second-order valence-electron chi connectivity index (χ2n) is 3.56. The number of nitrogens with one attached hydrogen (secondary N) is 1. The van der Waals surface area contributed by atoms with Gasteiger partial charge < -0.3 is 9.73 Å². The molecular formula is C13H11BrN2O. The summed E-state index contributed by atoms with van der Waals surface area (Å²) in [7, 11) is 0. The van der Waals surface area contributed by atoms with Crippen molar-refractivity contribution in [2.45, 2.75) is 6.42 Å². The van der Waals surface area contributed by atoms with Gasteiger partial charge in [0, 0.05) is 23.1 Å². The van der Waals surface area contributed by atoms with Crippen molar-refractivity contribution in [3.63, 3.8) is 0 Å². The Morgan fingerprint density at radius 3 is 2.88 bits per heavy atom. The molecule has 0 aliphatic carbocycles. The number of nitriles is 1. The Morgan fingerprint density at radius 1 is 1.35 bits per heavy atom. The average Bonchev–Trinajstić information content (AvgIpc) is 2.82. The molecule has 2 aromatic rings. The van der Waals surface area contributed by atoms with Crippen LogP contribution in [0.25, 0.3) is 0 Å². The second-order valence-corrected chi connectivity index (χ2v) is 4.42. The maximum Gasteiger partial charge on any atom is 0.105 e. The smallest absolute Gasteiger partial charge is 0.105 e. The van der Waals surface area contributed by atoms with Gasteiger partial charge >= 0.3 is 0 Å².